The van der Waals surface area contributed by atoms with E-state index < -0.39 is 11.8 Å². The van der Waals surface area contributed by atoms with Crippen molar-refractivity contribution < 1.29 is 28.7 Å². The molecule has 0 aromatic carbocycles. The Labute approximate surface area is 144 Å². The van der Waals surface area contributed by atoms with E-state index in [1.54, 1.807) is 6.07 Å². The lowest BCUT2D eigenvalue weighted by atomic mass is 10.0. The second kappa shape index (κ2) is 7.18. The first-order valence-electron chi connectivity index (χ1n) is 8.11. The first-order chi connectivity index (χ1) is 11.5. The average molecular weight is 355 g/mol. The van der Waals surface area contributed by atoms with Crippen molar-refractivity contribution in [3.8, 4) is 0 Å². The summed E-state index contributed by atoms with van der Waals surface area (Å²) in [6.45, 7) is 5.24. The predicted octanol–water partition coefficient (Wildman–Crippen LogP) is 0.203. The van der Waals surface area contributed by atoms with Gasteiger partial charge < -0.3 is 24.4 Å². The van der Waals surface area contributed by atoms with Crippen molar-refractivity contribution in [3.05, 3.63) is 16.5 Å². The summed E-state index contributed by atoms with van der Waals surface area (Å²) in [5.74, 6) is -0.943. The number of nitrogens with one attached hydrogen (secondary N) is 2. The normalized spacial score (nSPS) is 20.2. The van der Waals surface area contributed by atoms with Crippen molar-refractivity contribution in [3.63, 3.8) is 0 Å². The number of carbonyl (C=O) groups excluding carboxylic acids is 2. The minimum Gasteiger partial charge on any atom is -0.465 e. The summed E-state index contributed by atoms with van der Waals surface area (Å²) in [7, 11) is 1.34. The van der Waals surface area contributed by atoms with Crippen molar-refractivity contribution in [2.45, 2.75) is 25.6 Å². The molecule has 0 atom stereocenters. The number of piperidine rings is 1. The number of esters is 1. The van der Waals surface area contributed by atoms with Gasteiger partial charge in [0.1, 0.15) is 5.00 Å². The van der Waals surface area contributed by atoms with Gasteiger partial charge in [-0.15, -0.1) is 11.3 Å². The molecule has 7 nitrogen and oxygen atoms in total. The SMILES string of the molecule is COC(=O)c1cc(C)sc1NC(=O)C[NH+]1CCC2(CC1)OCCO2. The lowest BCUT2D eigenvalue weighted by Crippen LogP contribution is -3.14. The molecule has 2 aliphatic heterocycles. The Morgan fingerprint density at radius 1 is 1.33 bits per heavy atom. The molecule has 1 aromatic rings. The second-order valence-electron chi connectivity index (χ2n) is 6.17. The van der Waals surface area contributed by atoms with Crippen molar-refractivity contribution in [2.75, 3.05) is 45.3 Å². The summed E-state index contributed by atoms with van der Waals surface area (Å²) < 4.78 is 16.2. The van der Waals surface area contributed by atoms with Gasteiger partial charge in [0.2, 0.25) is 0 Å². The van der Waals surface area contributed by atoms with Crippen LogP contribution in [0.4, 0.5) is 5.00 Å². The maximum Gasteiger partial charge on any atom is 0.340 e. The number of quaternary nitrogens is 1. The van der Waals surface area contributed by atoms with Gasteiger partial charge in [0.05, 0.1) is 51.8 Å². The van der Waals surface area contributed by atoms with E-state index in [0.717, 1.165) is 30.8 Å². The number of thiophene rings is 1. The minimum absolute atomic E-state index is 0.0961. The van der Waals surface area contributed by atoms with Crippen LogP contribution in [-0.4, -0.2) is 57.6 Å². The van der Waals surface area contributed by atoms with Gasteiger partial charge in [-0.05, 0) is 13.0 Å². The summed E-state index contributed by atoms with van der Waals surface area (Å²) in [5.41, 5.74) is 0.411. The third-order valence-electron chi connectivity index (χ3n) is 4.46. The molecule has 1 aromatic heterocycles. The molecule has 24 heavy (non-hydrogen) atoms. The van der Waals surface area contributed by atoms with Gasteiger partial charge in [0, 0.05) is 4.88 Å². The first kappa shape index (κ1) is 17.3. The molecule has 0 saturated carbocycles. The van der Waals surface area contributed by atoms with Gasteiger partial charge in [-0.2, -0.15) is 0 Å². The summed E-state index contributed by atoms with van der Waals surface area (Å²) >= 11 is 1.38. The van der Waals surface area contributed by atoms with Crippen LogP contribution in [0.3, 0.4) is 0 Å². The zero-order valence-electron chi connectivity index (χ0n) is 14.0. The van der Waals surface area contributed by atoms with Crippen LogP contribution >= 0.6 is 11.3 Å². The molecule has 8 heteroatoms. The number of rotatable bonds is 4. The minimum atomic E-state index is -0.433. The molecule has 3 rings (SSSR count). The highest BCUT2D eigenvalue weighted by atomic mass is 32.1. The first-order valence-corrected chi connectivity index (χ1v) is 8.93. The third kappa shape index (κ3) is 3.77. The highest BCUT2D eigenvalue weighted by molar-refractivity contribution is 7.16. The van der Waals surface area contributed by atoms with E-state index in [1.165, 1.54) is 23.3 Å². The summed E-state index contributed by atoms with van der Waals surface area (Å²) in [5, 5.41) is 3.41. The van der Waals surface area contributed by atoms with Crippen LogP contribution in [0.2, 0.25) is 0 Å². The van der Waals surface area contributed by atoms with Gasteiger partial charge in [-0.25, -0.2) is 4.79 Å². The fraction of sp³-hybridized carbons (Fsp3) is 0.625. The molecule has 0 radical (unpaired) electrons. The van der Waals surface area contributed by atoms with E-state index in [4.69, 9.17) is 14.2 Å². The topological polar surface area (TPSA) is 78.3 Å². The van der Waals surface area contributed by atoms with E-state index in [0.29, 0.717) is 30.3 Å². The van der Waals surface area contributed by atoms with Crippen LogP contribution in [0, 0.1) is 6.92 Å². The van der Waals surface area contributed by atoms with Crippen LogP contribution < -0.4 is 10.2 Å². The van der Waals surface area contributed by atoms with Gasteiger partial charge in [-0.3, -0.25) is 4.79 Å². The molecule has 1 spiro atoms. The molecule has 2 fully saturated rings. The molecule has 132 valence electrons. The van der Waals surface area contributed by atoms with Crippen molar-refractivity contribution in [2.24, 2.45) is 0 Å². The van der Waals surface area contributed by atoms with E-state index in [2.05, 4.69) is 5.32 Å². The number of hydrogen-bond donors (Lipinski definition) is 2. The number of methoxy groups -OCH3 is 1. The van der Waals surface area contributed by atoms with E-state index >= 15 is 0 Å². The standard InChI is InChI=1S/C16H22N2O5S/c1-11-9-12(15(20)21-2)14(24-11)17-13(19)10-18-5-3-16(4-6-18)22-7-8-23-16/h9H,3-8,10H2,1-2H3,(H,17,19)/p+1. The number of ether oxygens (including phenoxy) is 3. The van der Waals surface area contributed by atoms with Crippen LogP contribution in [0.25, 0.3) is 0 Å². The molecular formula is C16H23N2O5S+. The Morgan fingerprint density at radius 3 is 2.62 bits per heavy atom. The Kier molecular flexibility index (Phi) is 5.19. The largest absolute Gasteiger partial charge is 0.465 e. The zero-order valence-corrected chi connectivity index (χ0v) is 14.8. The fourth-order valence-electron chi connectivity index (χ4n) is 3.21. The molecule has 1 amide bonds. The average Bonchev–Trinajstić information content (AvgIpc) is 3.16. The van der Waals surface area contributed by atoms with E-state index in [-0.39, 0.29) is 5.91 Å². The number of hydrogen-bond acceptors (Lipinski definition) is 6. The Bertz CT molecular complexity index is 614. The van der Waals surface area contributed by atoms with Gasteiger partial charge in [0.25, 0.3) is 5.91 Å². The molecule has 0 unspecified atom stereocenters. The molecule has 0 bridgehead atoms. The van der Waals surface area contributed by atoms with Gasteiger partial charge in [0.15, 0.2) is 12.3 Å². The number of amides is 1. The second-order valence-corrected chi connectivity index (χ2v) is 7.43. The van der Waals surface area contributed by atoms with Gasteiger partial charge in [-0.1, -0.05) is 0 Å². The fourth-order valence-corrected chi connectivity index (χ4v) is 4.13. The Hall–Kier alpha value is -1.48. The van der Waals surface area contributed by atoms with Crippen molar-refractivity contribution >= 4 is 28.2 Å². The quantitative estimate of drug-likeness (QED) is 0.755. The molecule has 3 heterocycles. The van der Waals surface area contributed by atoms with Crippen molar-refractivity contribution in [1.29, 1.82) is 0 Å². The maximum atomic E-state index is 12.3. The van der Waals surface area contributed by atoms with E-state index in [9.17, 15) is 9.59 Å². The van der Waals surface area contributed by atoms with Crippen LogP contribution in [0.15, 0.2) is 6.07 Å². The third-order valence-corrected chi connectivity index (χ3v) is 5.42. The summed E-state index contributed by atoms with van der Waals surface area (Å²) in [6.07, 6.45) is 1.61. The molecular weight excluding hydrogens is 332 g/mol. The molecule has 0 aliphatic carbocycles. The Morgan fingerprint density at radius 2 is 2.00 bits per heavy atom. The highest BCUT2D eigenvalue weighted by Crippen LogP contribution is 2.28. The molecule has 2 saturated heterocycles. The summed E-state index contributed by atoms with van der Waals surface area (Å²) in [6, 6.07) is 1.73. The lowest BCUT2D eigenvalue weighted by molar-refractivity contribution is -0.900. The van der Waals surface area contributed by atoms with Crippen LogP contribution in [-0.2, 0) is 19.0 Å². The van der Waals surface area contributed by atoms with Crippen LogP contribution in [0.1, 0.15) is 28.1 Å². The maximum absolute atomic E-state index is 12.3. The van der Waals surface area contributed by atoms with Crippen molar-refractivity contribution in [1.82, 2.24) is 0 Å². The molecule has 2 N–H and O–H groups in total. The number of aryl methyl sites for hydroxylation is 1. The number of anilines is 1. The van der Waals surface area contributed by atoms with Gasteiger partial charge >= 0.3 is 5.97 Å². The lowest BCUT2D eigenvalue weighted by Gasteiger charge is -2.34. The smallest absolute Gasteiger partial charge is 0.340 e. The van der Waals surface area contributed by atoms with Crippen LogP contribution in [0.5, 0.6) is 0 Å². The number of carbonyl (C=O) groups is 2. The monoisotopic (exact) mass is 355 g/mol. The summed E-state index contributed by atoms with van der Waals surface area (Å²) in [4.78, 5) is 26.2. The zero-order chi connectivity index (χ0) is 17.2. The highest BCUT2D eigenvalue weighted by Gasteiger charge is 2.42. The Balaban J connectivity index is 1.54. The predicted molar refractivity (Wildman–Crippen MR) is 88.5 cm³/mol. The number of likely N-dealkylation sites (tertiary alicyclic amines) is 1. The molecule has 2 aliphatic rings. The van der Waals surface area contributed by atoms with E-state index in [1.807, 2.05) is 6.92 Å².